The SMILES string of the molecule is CC1CCN(NC(C)C(=O)O)CC1. The molecule has 1 saturated heterocycles. The minimum absolute atomic E-state index is 0.478. The van der Waals surface area contributed by atoms with E-state index in [-0.39, 0.29) is 0 Å². The third kappa shape index (κ3) is 3.32. The number of carboxylic acids is 1. The Bertz CT molecular complexity index is 176. The molecule has 0 aliphatic carbocycles. The summed E-state index contributed by atoms with van der Waals surface area (Å²) in [5.41, 5.74) is 2.97. The summed E-state index contributed by atoms with van der Waals surface area (Å²) in [7, 11) is 0. The van der Waals surface area contributed by atoms with Gasteiger partial charge >= 0.3 is 5.97 Å². The molecule has 2 N–H and O–H groups in total. The second kappa shape index (κ2) is 4.58. The van der Waals surface area contributed by atoms with Crippen LogP contribution in [0.1, 0.15) is 26.7 Å². The number of piperidine rings is 1. The Balaban J connectivity index is 2.26. The maximum atomic E-state index is 10.5. The molecule has 1 atom stereocenters. The van der Waals surface area contributed by atoms with E-state index in [1.807, 2.05) is 5.01 Å². The molecule has 4 heteroatoms. The summed E-state index contributed by atoms with van der Waals surface area (Å²) in [4.78, 5) is 10.5. The van der Waals surface area contributed by atoms with Crippen molar-refractivity contribution >= 4 is 5.97 Å². The smallest absolute Gasteiger partial charge is 0.321 e. The Labute approximate surface area is 78.9 Å². The average molecular weight is 186 g/mol. The zero-order valence-electron chi connectivity index (χ0n) is 8.29. The fraction of sp³-hybridized carbons (Fsp3) is 0.889. The van der Waals surface area contributed by atoms with Crippen molar-refractivity contribution in [3.8, 4) is 0 Å². The molecule has 1 aliphatic rings. The van der Waals surface area contributed by atoms with E-state index in [2.05, 4.69) is 12.3 Å². The van der Waals surface area contributed by atoms with Gasteiger partial charge in [0, 0.05) is 13.1 Å². The number of nitrogens with zero attached hydrogens (tertiary/aromatic N) is 1. The largest absolute Gasteiger partial charge is 0.480 e. The number of carbonyl (C=O) groups is 1. The van der Waals surface area contributed by atoms with Gasteiger partial charge in [0.1, 0.15) is 6.04 Å². The summed E-state index contributed by atoms with van der Waals surface area (Å²) in [5.74, 6) is -0.0168. The molecule has 0 bridgehead atoms. The maximum Gasteiger partial charge on any atom is 0.321 e. The van der Waals surface area contributed by atoms with Crippen LogP contribution in [0.5, 0.6) is 0 Å². The molecule has 4 nitrogen and oxygen atoms in total. The highest BCUT2D eigenvalue weighted by atomic mass is 16.4. The third-order valence-electron chi connectivity index (χ3n) is 2.53. The number of aliphatic carboxylic acids is 1. The monoisotopic (exact) mass is 186 g/mol. The van der Waals surface area contributed by atoms with E-state index in [0.717, 1.165) is 31.8 Å². The van der Waals surface area contributed by atoms with Crippen molar-refractivity contribution in [2.24, 2.45) is 5.92 Å². The zero-order valence-corrected chi connectivity index (χ0v) is 8.29. The highest BCUT2D eigenvalue weighted by Gasteiger charge is 2.19. The molecule has 0 aromatic heterocycles. The standard InChI is InChI=1S/C9H18N2O2/c1-7-3-5-11(6-4-7)10-8(2)9(12)13/h7-8,10H,3-6H2,1-2H3,(H,12,13). The molecule has 1 aliphatic heterocycles. The second-order valence-electron chi connectivity index (χ2n) is 3.86. The van der Waals surface area contributed by atoms with E-state index in [1.54, 1.807) is 6.92 Å². The van der Waals surface area contributed by atoms with Gasteiger partial charge in [0.2, 0.25) is 0 Å². The van der Waals surface area contributed by atoms with Crippen molar-refractivity contribution in [1.29, 1.82) is 0 Å². The van der Waals surface area contributed by atoms with Crippen molar-refractivity contribution in [3.05, 3.63) is 0 Å². The highest BCUT2D eigenvalue weighted by molar-refractivity contribution is 5.72. The Morgan fingerprint density at radius 1 is 1.54 bits per heavy atom. The van der Waals surface area contributed by atoms with Gasteiger partial charge in [-0.05, 0) is 25.7 Å². The zero-order chi connectivity index (χ0) is 9.84. The number of rotatable bonds is 3. The molecule has 1 rings (SSSR count). The summed E-state index contributed by atoms with van der Waals surface area (Å²) in [6.45, 7) is 5.82. The van der Waals surface area contributed by atoms with Crippen LogP contribution in [0.15, 0.2) is 0 Å². The van der Waals surface area contributed by atoms with Gasteiger partial charge in [0.15, 0.2) is 0 Å². The Morgan fingerprint density at radius 3 is 2.54 bits per heavy atom. The highest BCUT2D eigenvalue weighted by Crippen LogP contribution is 2.14. The number of nitrogens with one attached hydrogen (secondary N) is 1. The van der Waals surface area contributed by atoms with Crippen molar-refractivity contribution in [1.82, 2.24) is 10.4 Å². The molecule has 0 saturated carbocycles. The molecule has 1 heterocycles. The van der Waals surface area contributed by atoms with Crippen LogP contribution >= 0.6 is 0 Å². The lowest BCUT2D eigenvalue weighted by molar-refractivity contribution is -0.140. The van der Waals surface area contributed by atoms with E-state index in [1.165, 1.54) is 0 Å². The number of hydrazine groups is 1. The van der Waals surface area contributed by atoms with Gasteiger partial charge in [-0.1, -0.05) is 6.92 Å². The summed E-state index contributed by atoms with van der Waals surface area (Å²) >= 11 is 0. The molecule has 1 unspecified atom stereocenters. The molecule has 76 valence electrons. The quantitative estimate of drug-likeness (QED) is 0.681. The predicted octanol–water partition coefficient (Wildman–Crippen LogP) is 0.696. The topological polar surface area (TPSA) is 52.6 Å². The summed E-state index contributed by atoms with van der Waals surface area (Å²) in [6, 6.07) is -0.478. The van der Waals surface area contributed by atoms with Gasteiger partial charge < -0.3 is 5.11 Å². The van der Waals surface area contributed by atoms with Gasteiger partial charge in [-0.2, -0.15) is 0 Å². The van der Waals surface area contributed by atoms with Crippen molar-refractivity contribution in [2.75, 3.05) is 13.1 Å². The molecule has 0 aromatic carbocycles. The van der Waals surface area contributed by atoms with Crippen LogP contribution in [0.25, 0.3) is 0 Å². The molecule has 0 radical (unpaired) electrons. The van der Waals surface area contributed by atoms with E-state index >= 15 is 0 Å². The van der Waals surface area contributed by atoms with E-state index in [9.17, 15) is 4.79 Å². The minimum Gasteiger partial charge on any atom is -0.480 e. The Morgan fingerprint density at radius 2 is 2.08 bits per heavy atom. The normalized spacial score (nSPS) is 22.9. The lowest BCUT2D eigenvalue weighted by atomic mass is 10.0. The molecule has 0 amide bonds. The van der Waals surface area contributed by atoms with E-state index in [0.29, 0.717) is 0 Å². The third-order valence-corrected chi connectivity index (χ3v) is 2.53. The van der Waals surface area contributed by atoms with Crippen LogP contribution in [0.2, 0.25) is 0 Å². The summed E-state index contributed by atoms with van der Waals surface area (Å²) < 4.78 is 0. The van der Waals surface area contributed by atoms with Gasteiger partial charge in [0.25, 0.3) is 0 Å². The lowest BCUT2D eigenvalue weighted by Crippen LogP contribution is -2.49. The van der Waals surface area contributed by atoms with Gasteiger partial charge in [-0.15, -0.1) is 0 Å². The first kappa shape index (κ1) is 10.5. The van der Waals surface area contributed by atoms with E-state index < -0.39 is 12.0 Å². The number of hydrogen-bond acceptors (Lipinski definition) is 3. The Hall–Kier alpha value is -0.610. The Kier molecular flexibility index (Phi) is 3.69. The van der Waals surface area contributed by atoms with Gasteiger partial charge in [-0.25, -0.2) is 10.4 Å². The molecular weight excluding hydrogens is 168 g/mol. The van der Waals surface area contributed by atoms with Crippen molar-refractivity contribution in [3.63, 3.8) is 0 Å². The van der Waals surface area contributed by atoms with Crippen LogP contribution in [0.3, 0.4) is 0 Å². The predicted molar refractivity (Wildman–Crippen MR) is 50.2 cm³/mol. The molecular formula is C9H18N2O2. The first-order valence-corrected chi connectivity index (χ1v) is 4.83. The molecule has 1 fully saturated rings. The summed E-state index contributed by atoms with van der Waals surface area (Å²) in [6.07, 6.45) is 2.30. The lowest BCUT2D eigenvalue weighted by Gasteiger charge is -2.31. The van der Waals surface area contributed by atoms with Crippen molar-refractivity contribution in [2.45, 2.75) is 32.7 Å². The van der Waals surface area contributed by atoms with E-state index in [4.69, 9.17) is 5.11 Å². The second-order valence-corrected chi connectivity index (χ2v) is 3.86. The molecule has 0 spiro atoms. The first-order chi connectivity index (χ1) is 6.09. The van der Waals surface area contributed by atoms with Crippen LogP contribution < -0.4 is 5.43 Å². The van der Waals surface area contributed by atoms with Crippen LogP contribution in [-0.2, 0) is 4.79 Å². The number of carboxylic acid groups (broad SMARTS) is 1. The van der Waals surface area contributed by atoms with Crippen LogP contribution in [0.4, 0.5) is 0 Å². The number of hydrogen-bond donors (Lipinski definition) is 2. The van der Waals surface area contributed by atoms with Gasteiger partial charge in [-0.3, -0.25) is 4.79 Å². The van der Waals surface area contributed by atoms with Crippen LogP contribution in [-0.4, -0.2) is 35.2 Å². The first-order valence-electron chi connectivity index (χ1n) is 4.83. The fourth-order valence-electron chi connectivity index (χ4n) is 1.47. The molecule has 13 heavy (non-hydrogen) atoms. The maximum absolute atomic E-state index is 10.5. The fourth-order valence-corrected chi connectivity index (χ4v) is 1.47. The van der Waals surface area contributed by atoms with Crippen LogP contribution in [0, 0.1) is 5.92 Å². The summed E-state index contributed by atoms with van der Waals surface area (Å²) in [5, 5.41) is 10.7. The van der Waals surface area contributed by atoms with Crippen molar-refractivity contribution < 1.29 is 9.90 Å². The minimum atomic E-state index is -0.793. The molecule has 0 aromatic rings. The average Bonchev–Trinajstić information content (AvgIpc) is 2.08. The van der Waals surface area contributed by atoms with Gasteiger partial charge in [0.05, 0.1) is 0 Å².